The Balaban J connectivity index is 1.64. The van der Waals surface area contributed by atoms with Crippen LogP contribution in [0.2, 0.25) is 0 Å². The molecule has 2 aliphatic heterocycles. The van der Waals surface area contributed by atoms with Gasteiger partial charge in [0, 0.05) is 32.6 Å². The Morgan fingerprint density at radius 3 is 2.71 bits per heavy atom. The lowest BCUT2D eigenvalue weighted by molar-refractivity contribution is -0.144. The van der Waals surface area contributed by atoms with Gasteiger partial charge in [-0.25, -0.2) is 4.79 Å². The third kappa shape index (κ3) is 3.40. The number of hydrogen-bond donors (Lipinski definition) is 1. The Labute approximate surface area is 144 Å². The SMILES string of the molecule is CCN1C(=O)CCCC12CCCN(C(=O)NCc1ccccc1)C2. The molecule has 2 heterocycles. The number of nitrogens with zero attached hydrogens (tertiary/aromatic N) is 2. The van der Waals surface area contributed by atoms with Crippen molar-refractivity contribution < 1.29 is 9.59 Å². The molecular formula is C19H27N3O2. The minimum atomic E-state index is -0.146. The van der Waals surface area contributed by atoms with Gasteiger partial charge in [-0.2, -0.15) is 0 Å². The van der Waals surface area contributed by atoms with Crippen LogP contribution < -0.4 is 5.32 Å². The highest BCUT2D eigenvalue weighted by Gasteiger charge is 2.45. The first-order valence-electron chi connectivity index (χ1n) is 9.02. The van der Waals surface area contributed by atoms with Crippen LogP contribution in [0.1, 0.15) is 44.6 Å². The van der Waals surface area contributed by atoms with E-state index in [0.29, 0.717) is 19.5 Å². The van der Waals surface area contributed by atoms with Crippen LogP contribution in [0.15, 0.2) is 30.3 Å². The van der Waals surface area contributed by atoms with Crippen molar-refractivity contribution >= 4 is 11.9 Å². The molecule has 0 aromatic heterocycles. The number of nitrogens with one attached hydrogen (secondary N) is 1. The monoisotopic (exact) mass is 329 g/mol. The average molecular weight is 329 g/mol. The van der Waals surface area contributed by atoms with Crippen molar-refractivity contribution in [3.63, 3.8) is 0 Å². The number of piperidine rings is 2. The summed E-state index contributed by atoms with van der Waals surface area (Å²) in [5.41, 5.74) is 0.951. The molecule has 1 unspecified atom stereocenters. The maximum Gasteiger partial charge on any atom is 0.317 e. The standard InChI is InChI=1S/C19H27N3O2/c1-2-22-17(23)10-6-11-19(22)12-7-13-21(15-19)18(24)20-14-16-8-4-3-5-9-16/h3-5,8-9H,2,6-7,10-15H2,1H3,(H,20,24). The molecule has 2 aliphatic rings. The summed E-state index contributed by atoms with van der Waals surface area (Å²) in [4.78, 5) is 28.8. The fourth-order valence-corrected chi connectivity index (χ4v) is 4.21. The van der Waals surface area contributed by atoms with Gasteiger partial charge in [-0.15, -0.1) is 0 Å². The van der Waals surface area contributed by atoms with Gasteiger partial charge in [0.15, 0.2) is 0 Å². The van der Waals surface area contributed by atoms with Gasteiger partial charge in [-0.1, -0.05) is 30.3 Å². The summed E-state index contributed by atoms with van der Waals surface area (Å²) in [6.45, 7) is 4.75. The van der Waals surface area contributed by atoms with E-state index < -0.39 is 0 Å². The third-order valence-corrected chi connectivity index (χ3v) is 5.35. The van der Waals surface area contributed by atoms with E-state index in [-0.39, 0.29) is 17.5 Å². The fourth-order valence-electron chi connectivity index (χ4n) is 4.21. The molecule has 2 saturated heterocycles. The zero-order valence-corrected chi connectivity index (χ0v) is 14.5. The summed E-state index contributed by atoms with van der Waals surface area (Å²) < 4.78 is 0. The number of likely N-dealkylation sites (tertiary alicyclic amines) is 2. The van der Waals surface area contributed by atoms with Crippen molar-refractivity contribution in [3.05, 3.63) is 35.9 Å². The minimum Gasteiger partial charge on any atom is -0.336 e. The van der Waals surface area contributed by atoms with Crippen molar-refractivity contribution in [2.24, 2.45) is 0 Å². The van der Waals surface area contributed by atoms with Crippen LogP contribution in [0.3, 0.4) is 0 Å². The fraction of sp³-hybridized carbons (Fsp3) is 0.579. The van der Waals surface area contributed by atoms with E-state index in [9.17, 15) is 9.59 Å². The van der Waals surface area contributed by atoms with E-state index in [4.69, 9.17) is 0 Å². The number of urea groups is 1. The van der Waals surface area contributed by atoms with Crippen LogP contribution in [0.25, 0.3) is 0 Å². The van der Waals surface area contributed by atoms with Gasteiger partial charge in [-0.3, -0.25) is 4.79 Å². The molecule has 3 amide bonds. The van der Waals surface area contributed by atoms with Gasteiger partial charge in [0.05, 0.1) is 5.54 Å². The lowest BCUT2D eigenvalue weighted by Gasteiger charge is -2.51. The molecule has 0 radical (unpaired) electrons. The largest absolute Gasteiger partial charge is 0.336 e. The highest BCUT2D eigenvalue weighted by Crippen LogP contribution is 2.36. The molecule has 1 aromatic rings. The van der Waals surface area contributed by atoms with Gasteiger partial charge in [-0.05, 0) is 38.2 Å². The van der Waals surface area contributed by atoms with Gasteiger partial charge in [0.1, 0.15) is 0 Å². The number of hydrogen-bond acceptors (Lipinski definition) is 2. The molecule has 3 rings (SSSR count). The van der Waals surface area contributed by atoms with E-state index in [2.05, 4.69) is 5.32 Å². The molecule has 2 fully saturated rings. The minimum absolute atomic E-state index is 0.0213. The van der Waals surface area contributed by atoms with E-state index in [1.165, 1.54) is 0 Å². The first kappa shape index (κ1) is 16.8. The summed E-state index contributed by atoms with van der Waals surface area (Å²) in [7, 11) is 0. The van der Waals surface area contributed by atoms with E-state index in [1.54, 1.807) is 0 Å². The Morgan fingerprint density at radius 2 is 1.96 bits per heavy atom. The first-order valence-corrected chi connectivity index (χ1v) is 9.02. The van der Waals surface area contributed by atoms with Gasteiger partial charge in [0.25, 0.3) is 0 Å². The van der Waals surface area contributed by atoms with E-state index >= 15 is 0 Å². The molecule has 0 saturated carbocycles. The van der Waals surface area contributed by atoms with E-state index in [1.807, 2.05) is 47.1 Å². The topological polar surface area (TPSA) is 52.7 Å². The lowest BCUT2D eigenvalue weighted by atomic mass is 9.79. The maximum absolute atomic E-state index is 12.6. The van der Waals surface area contributed by atoms with Crippen molar-refractivity contribution in [3.8, 4) is 0 Å². The van der Waals surface area contributed by atoms with Gasteiger partial charge in [0.2, 0.25) is 5.91 Å². The molecular weight excluding hydrogens is 302 g/mol. The molecule has 1 spiro atoms. The molecule has 0 aliphatic carbocycles. The van der Waals surface area contributed by atoms with Crippen molar-refractivity contribution in [2.75, 3.05) is 19.6 Å². The highest BCUT2D eigenvalue weighted by atomic mass is 16.2. The molecule has 1 N–H and O–H groups in total. The summed E-state index contributed by atoms with van der Waals surface area (Å²) in [5, 5.41) is 3.02. The maximum atomic E-state index is 12.6. The first-order chi connectivity index (χ1) is 11.6. The van der Waals surface area contributed by atoms with Crippen molar-refractivity contribution in [1.82, 2.24) is 15.1 Å². The van der Waals surface area contributed by atoms with Crippen LogP contribution >= 0.6 is 0 Å². The second-order valence-electron chi connectivity index (χ2n) is 6.89. The average Bonchev–Trinajstić information content (AvgIpc) is 2.61. The number of amides is 3. The van der Waals surface area contributed by atoms with Crippen LogP contribution in [-0.2, 0) is 11.3 Å². The van der Waals surface area contributed by atoms with Crippen LogP contribution in [0.5, 0.6) is 0 Å². The van der Waals surface area contributed by atoms with Crippen LogP contribution in [0.4, 0.5) is 4.79 Å². The van der Waals surface area contributed by atoms with Crippen LogP contribution in [0, 0.1) is 0 Å². The summed E-state index contributed by atoms with van der Waals surface area (Å²) in [6.07, 6.45) is 4.57. The summed E-state index contributed by atoms with van der Waals surface area (Å²) in [5.74, 6) is 0.246. The second-order valence-corrected chi connectivity index (χ2v) is 6.89. The quantitative estimate of drug-likeness (QED) is 0.927. The normalized spacial score (nSPS) is 24.3. The van der Waals surface area contributed by atoms with Crippen molar-refractivity contribution in [1.29, 1.82) is 0 Å². The smallest absolute Gasteiger partial charge is 0.317 e. The molecule has 130 valence electrons. The molecule has 24 heavy (non-hydrogen) atoms. The van der Waals surface area contributed by atoms with Crippen LogP contribution in [-0.4, -0.2) is 46.9 Å². The predicted octanol–water partition coefficient (Wildman–Crippen LogP) is 2.76. The highest BCUT2D eigenvalue weighted by molar-refractivity contribution is 5.79. The predicted molar refractivity (Wildman–Crippen MR) is 93.5 cm³/mol. The Morgan fingerprint density at radius 1 is 1.21 bits per heavy atom. The molecule has 5 heteroatoms. The number of carbonyl (C=O) groups excluding carboxylic acids is 2. The summed E-state index contributed by atoms with van der Waals surface area (Å²) >= 11 is 0. The Kier molecular flexibility index (Phi) is 5.07. The van der Waals surface area contributed by atoms with Gasteiger partial charge < -0.3 is 15.1 Å². The third-order valence-electron chi connectivity index (χ3n) is 5.35. The Bertz CT molecular complexity index is 586. The number of carbonyl (C=O) groups is 2. The molecule has 0 bridgehead atoms. The Hall–Kier alpha value is -2.04. The second kappa shape index (κ2) is 7.24. The molecule has 1 atom stereocenters. The van der Waals surface area contributed by atoms with Gasteiger partial charge >= 0.3 is 6.03 Å². The zero-order valence-electron chi connectivity index (χ0n) is 14.5. The number of benzene rings is 1. The van der Waals surface area contributed by atoms with E-state index in [0.717, 1.165) is 44.3 Å². The number of likely N-dealkylation sites (N-methyl/N-ethyl adjacent to an activating group) is 1. The zero-order chi connectivity index (χ0) is 17.0. The molecule has 1 aromatic carbocycles. The lowest BCUT2D eigenvalue weighted by Crippen LogP contribution is -2.63. The van der Waals surface area contributed by atoms with Crippen molar-refractivity contribution in [2.45, 2.75) is 51.1 Å². The molecule has 5 nitrogen and oxygen atoms in total. The number of rotatable bonds is 3. The summed E-state index contributed by atoms with van der Waals surface area (Å²) in [6, 6.07) is 9.92.